The summed E-state index contributed by atoms with van der Waals surface area (Å²) in [7, 11) is 0. The van der Waals surface area contributed by atoms with Crippen LogP contribution in [-0.2, 0) is 11.3 Å². The largest absolute Gasteiger partial charge is 0.489 e. The van der Waals surface area contributed by atoms with Crippen LogP contribution < -0.4 is 4.74 Å². The highest BCUT2D eigenvalue weighted by molar-refractivity contribution is 5.98. The van der Waals surface area contributed by atoms with Crippen LogP contribution in [0, 0.1) is 0 Å². The van der Waals surface area contributed by atoms with E-state index in [1.165, 1.54) is 0 Å². The Morgan fingerprint density at radius 3 is 2.65 bits per heavy atom. The minimum atomic E-state index is 0.573. The lowest BCUT2D eigenvalue weighted by Gasteiger charge is -2.24. The molecular weight excluding hydrogens is 288 g/mol. The molecule has 1 aliphatic rings. The van der Waals surface area contributed by atoms with Gasteiger partial charge in [0.25, 0.3) is 0 Å². The third kappa shape index (κ3) is 4.57. The van der Waals surface area contributed by atoms with Crippen molar-refractivity contribution in [2.75, 3.05) is 26.3 Å². The van der Waals surface area contributed by atoms with E-state index in [1.807, 2.05) is 43.3 Å². The first-order valence-corrected chi connectivity index (χ1v) is 7.96. The lowest BCUT2D eigenvalue weighted by molar-refractivity contribution is 0.0393. The van der Waals surface area contributed by atoms with E-state index in [0.717, 1.165) is 48.9 Å². The van der Waals surface area contributed by atoms with Crippen LogP contribution in [0.15, 0.2) is 59.7 Å². The van der Waals surface area contributed by atoms with Gasteiger partial charge >= 0.3 is 0 Å². The molecule has 0 radical (unpaired) electrons. The number of benzene rings is 2. The van der Waals surface area contributed by atoms with Crippen molar-refractivity contribution >= 4 is 5.71 Å². The Labute approximate surface area is 137 Å². The molecule has 3 rings (SSSR count). The van der Waals surface area contributed by atoms with Gasteiger partial charge in [-0.05, 0) is 24.6 Å². The second kappa shape index (κ2) is 7.79. The summed E-state index contributed by atoms with van der Waals surface area (Å²) < 4.78 is 11.2. The zero-order valence-electron chi connectivity index (χ0n) is 13.4. The highest BCUT2D eigenvalue weighted by atomic mass is 16.5. The lowest BCUT2D eigenvalue weighted by atomic mass is 10.1. The predicted molar refractivity (Wildman–Crippen MR) is 91.8 cm³/mol. The van der Waals surface area contributed by atoms with E-state index in [4.69, 9.17) is 9.47 Å². The quantitative estimate of drug-likeness (QED) is 0.795. The Morgan fingerprint density at radius 1 is 1.09 bits per heavy atom. The average molecular weight is 310 g/mol. The molecule has 0 N–H and O–H groups in total. The highest BCUT2D eigenvalue weighted by Gasteiger charge is 2.09. The van der Waals surface area contributed by atoms with Crippen LogP contribution in [0.25, 0.3) is 0 Å². The van der Waals surface area contributed by atoms with Gasteiger partial charge in [0, 0.05) is 5.56 Å². The molecule has 120 valence electrons. The van der Waals surface area contributed by atoms with Gasteiger partial charge in [-0.25, -0.2) is 0 Å². The molecule has 0 aliphatic carbocycles. The molecule has 23 heavy (non-hydrogen) atoms. The summed E-state index contributed by atoms with van der Waals surface area (Å²) in [6.07, 6.45) is 0. The van der Waals surface area contributed by atoms with Crippen molar-refractivity contribution in [3.8, 4) is 5.75 Å². The molecule has 1 aliphatic heterocycles. The molecule has 4 heteroatoms. The van der Waals surface area contributed by atoms with E-state index in [-0.39, 0.29) is 0 Å². The van der Waals surface area contributed by atoms with Crippen molar-refractivity contribution in [2.24, 2.45) is 5.10 Å². The van der Waals surface area contributed by atoms with E-state index in [9.17, 15) is 0 Å². The topological polar surface area (TPSA) is 34.1 Å². The molecule has 0 unspecified atom stereocenters. The number of nitrogens with zero attached hydrogens (tertiary/aromatic N) is 2. The van der Waals surface area contributed by atoms with Crippen molar-refractivity contribution in [1.82, 2.24) is 5.01 Å². The van der Waals surface area contributed by atoms with E-state index in [2.05, 4.69) is 28.3 Å². The first-order valence-electron chi connectivity index (χ1n) is 7.96. The standard InChI is InChI=1S/C19H22N2O2/c1-16(20-21-10-12-22-13-11-21)18-8-5-9-19(14-18)23-15-17-6-3-2-4-7-17/h2-9,14H,10-13,15H2,1H3. The summed E-state index contributed by atoms with van der Waals surface area (Å²) in [5.74, 6) is 0.864. The monoisotopic (exact) mass is 310 g/mol. The number of morpholine rings is 1. The maximum Gasteiger partial charge on any atom is 0.120 e. The maximum atomic E-state index is 5.88. The van der Waals surface area contributed by atoms with Crippen LogP contribution >= 0.6 is 0 Å². The van der Waals surface area contributed by atoms with Crippen molar-refractivity contribution in [2.45, 2.75) is 13.5 Å². The van der Waals surface area contributed by atoms with Gasteiger partial charge in [0.05, 0.1) is 32.0 Å². The third-order valence-corrected chi connectivity index (χ3v) is 3.78. The number of hydrogen-bond acceptors (Lipinski definition) is 4. The molecule has 2 aromatic carbocycles. The summed E-state index contributed by atoms with van der Waals surface area (Å²) in [6, 6.07) is 18.3. The van der Waals surface area contributed by atoms with E-state index in [0.29, 0.717) is 6.61 Å². The fraction of sp³-hybridized carbons (Fsp3) is 0.316. The molecule has 0 bridgehead atoms. The molecule has 0 spiro atoms. The van der Waals surface area contributed by atoms with Crippen molar-refractivity contribution in [3.05, 3.63) is 65.7 Å². The van der Waals surface area contributed by atoms with Gasteiger partial charge in [-0.2, -0.15) is 5.10 Å². The molecule has 1 fully saturated rings. The Bertz CT molecular complexity index is 649. The Balaban J connectivity index is 1.65. The average Bonchev–Trinajstić information content (AvgIpc) is 2.62. The number of hydrazone groups is 1. The normalized spacial score (nSPS) is 15.5. The molecule has 1 saturated heterocycles. The van der Waals surface area contributed by atoms with Gasteiger partial charge in [0.2, 0.25) is 0 Å². The molecule has 2 aromatic rings. The Kier molecular flexibility index (Phi) is 5.27. The summed E-state index contributed by atoms with van der Waals surface area (Å²) in [5, 5.41) is 6.75. The van der Waals surface area contributed by atoms with E-state index in [1.54, 1.807) is 0 Å². The minimum absolute atomic E-state index is 0.573. The number of rotatable bonds is 5. The van der Waals surface area contributed by atoms with Crippen LogP contribution in [0.4, 0.5) is 0 Å². The van der Waals surface area contributed by atoms with Gasteiger partial charge in [-0.15, -0.1) is 0 Å². The molecule has 0 saturated carbocycles. The van der Waals surface area contributed by atoms with Crippen molar-refractivity contribution in [1.29, 1.82) is 0 Å². The number of ether oxygens (including phenoxy) is 2. The predicted octanol–water partition coefficient (Wildman–Crippen LogP) is 3.32. The van der Waals surface area contributed by atoms with Gasteiger partial charge in [0.1, 0.15) is 12.4 Å². The fourth-order valence-electron chi connectivity index (χ4n) is 2.48. The van der Waals surface area contributed by atoms with Crippen LogP contribution in [0.3, 0.4) is 0 Å². The summed E-state index contributed by atoms with van der Waals surface area (Å²) in [4.78, 5) is 0. The highest BCUT2D eigenvalue weighted by Crippen LogP contribution is 2.16. The van der Waals surface area contributed by atoms with Gasteiger partial charge < -0.3 is 9.47 Å². The van der Waals surface area contributed by atoms with Gasteiger partial charge in [-0.1, -0.05) is 42.5 Å². The van der Waals surface area contributed by atoms with Crippen LogP contribution in [0.5, 0.6) is 5.75 Å². The van der Waals surface area contributed by atoms with Crippen LogP contribution in [0.2, 0.25) is 0 Å². The lowest BCUT2D eigenvalue weighted by Crippen LogP contribution is -2.33. The Morgan fingerprint density at radius 2 is 1.87 bits per heavy atom. The van der Waals surface area contributed by atoms with E-state index < -0.39 is 0 Å². The van der Waals surface area contributed by atoms with Gasteiger partial charge in [-0.3, -0.25) is 5.01 Å². The summed E-state index contributed by atoms with van der Waals surface area (Å²) >= 11 is 0. The number of hydrogen-bond donors (Lipinski definition) is 0. The molecule has 0 amide bonds. The second-order valence-electron chi connectivity index (χ2n) is 5.55. The van der Waals surface area contributed by atoms with Crippen molar-refractivity contribution in [3.63, 3.8) is 0 Å². The molecule has 0 atom stereocenters. The van der Waals surface area contributed by atoms with Crippen LogP contribution in [-0.4, -0.2) is 37.0 Å². The zero-order valence-corrected chi connectivity index (χ0v) is 13.4. The Hall–Kier alpha value is -2.33. The van der Waals surface area contributed by atoms with E-state index >= 15 is 0 Å². The maximum absolute atomic E-state index is 5.88. The zero-order chi connectivity index (χ0) is 15.9. The van der Waals surface area contributed by atoms with Crippen molar-refractivity contribution < 1.29 is 9.47 Å². The molecule has 1 heterocycles. The third-order valence-electron chi connectivity index (χ3n) is 3.78. The molecule has 0 aromatic heterocycles. The minimum Gasteiger partial charge on any atom is -0.489 e. The van der Waals surface area contributed by atoms with Gasteiger partial charge in [0.15, 0.2) is 0 Å². The second-order valence-corrected chi connectivity index (χ2v) is 5.55. The first kappa shape index (κ1) is 15.6. The fourth-order valence-corrected chi connectivity index (χ4v) is 2.48. The summed E-state index contributed by atoms with van der Waals surface area (Å²) in [6.45, 7) is 5.80. The van der Waals surface area contributed by atoms with Crippen LogP contribution in [0.1, 0.15) is 18.1 Å². The summed E-state index contributed by atoms with van der Waals surface area (Å²) in [5.41, 5.74) is 3.25. The smallest absolute Gasteiger partial charge is 0.120 e. The molecular formula is C19H22N2O2. The SMILES string of the molecule is CC(=NN1CCOCC1)c1cccc(OCc2ccccc2)c1. The molecule has 4 nitrogen and oxygen atoms in total. The first-order chi connectivity index (χ1) is 11.3.